The summed E-state index contributed by atoms with van der Waals surface area (Å²) < 4.78 is 0.879. The first kappa shape index (κ1) is 26.0. The maximum absolute atomic E-state index is 13.9. The Bertz CT molecular complexity index is 1500. The van der Waals surface area contributed by atoms with Crippen LogP contribution in [0.3, 0.4) is 0 Å². The maximum Gasteiger partial charge on any atom is 0.332 e. The van der Waals surface area contributed by atoms with Crippen LogP contribution >= 0.6 is 11.3 Å². The number of hydrazine groups is 1. The Morgan fingerprint density at radius 2 is 2.08 bits per heavy atom. The highest BCUT2D eigenvalue weighted by Gasteiger charge is 2.52. The van der Waals surface area contributed by atoms with E-state index in [0.717, 1.165) is 10.3 Å². The summed E-state index contributed by atoms with van der Waals surface area (Å²) in [5.41, 5.74) is 7.92. The van der Waals surface area contributed by atoms with Crippen molar-refractivity contribution in [1.82, 2.24) is 30.1 Å². The Morgan fingerprint density at radius 1 is 1.28 bits per heavy atom. The average molecular weight is 551 g/mol. The molecule has 2 aromatic carbocycles. The quantitative estimate of drug-likeness (QED) is 0.255. The summed E-state index contributed by atoms with van der Waals surface area (Å²) in [7, 11) is 1.43. The van der Waals surface area contributed by atoms with Crippen molar-refractivity contribution in [2.24, 2.45) is 0 Å². The summed E-state index contributed by atoms with van der Waals surface area (Å²) in [6.45, 7) is -0.229. The van der Waals surface area contributed by atoms with Gasteiger partial charge in [0, 0.05) is 20.0 Å². The summed E-state index contributed by atoms with van der Waals surface area (Å²) in [5.74, 6) is -1.33. The van der Waals surface area contributed by atoms with Crippen molar-refractivity contribution >= 4 is 44.5 Å². The molecule has 2 atom stereocenters. The number of aromatic hydroxyl groups is 2. The SMILES string of the molecule is CNC(=O)N(CC#N)N1CC(=O)N2[C@@H](Cc3ccc(O)c(O)c3)C(=O)N(Cc3cccc4sc(N)nc34)C[C@@H]21. The predicted molar refractivity (Wildman–Crippen MR) is 141 cm³/mol. The highest BCUT2D eigenvalue weighted by molar-refractivity contribution is 7.22. The first-order valence-corrected chi connectivity index (χ1v) is 12.9. The fourth-order valence-electron chi connectivity index (χ4n) is 5.14. The lowest BCUT2D eigenvalue weighted by Crippen LogP contribution is -2.66. The normalized spacial score (nSPS) is 19.3. The monoisotopic (exact) mass is 550 g/mol. The number of para-hydroxylation sites is 1. The van der Waals surface area contributed by atoms with Crippen molar-refractivity contribution in [3.63, 3.8) is 0 Å². The zero-order valence-electron chi connectivity index (χ0n) is 20.9. The molecule has 39 heavy (non-hydrogen) atoms. The van der Waals surface area contributed by atoms with E-state index in [1.165, 1.54) is 45.4 Å². The van der Waals surface area contributed by atoms with E-state index in [4.69, 9.17) is 5.73 Å². The molecule has 2 saturated heterocycles. The number of benzene rings is 2. The molecule has 3 heterocycles. The number of nitrogens with zero attached hydrogens (tertiary/aromatic N) is 6. The predicted octanol–water partition coefficient (Wildman–Crippen LogP) is 0.793. The summed E-state index contributed by atoms with van der Waals surface area (Å²) in [5, 5.41) is 34.7. The van der Waals surface area contributed by atoms with Crippen LogP contribution in [-0.4, -0.2) is 91.7 Å². The zero-order chi connectivity index (χ0) is 27.8. The molecule has 1 aromatic heterocycles. The maximum atomic E-state index is 13.9. The molecular weight excluding hydrogens is 524 g/mol. The molecule has 2 fully saturated rings. The van der Waals surface area contributed by atoms with Crippen LogP contribution in [0.15, 0.2) is 36.4 Å². The third-order valence-electron chi connectivity index (χ3n) is 6.89. The fraction of sp³-hybridized carbons (Fsp3) is 0.320. The zero-order valence-corrected chi connectivity index (χ0v) is 21.8. The minimum atomic E-state index is -0.960. The Kier molecular flexibility index (Phi) is 6.85. The lowest BCUT2D eigenvalue weighted by atomic mass is 9.99. The number of rotatable bonds is 6. The van der Waals surface area contributed by atoms with Gasteiger partial charge in [-0.05, 0) is 29.3 Å². The highest BCUT2D eigenvalue weighted by atomic mass is 32.1. The largest absolute Gasteiger partial charge is 0.504 e. The molecule has 3 aromatic rings. The van der Waals surface area contributed by atoms with Crippen molar-refractivity contribution in [3.8, 4) is 17.6 Å². The molecule has 5 rings (SSSR count). The number of nitrogen functional groups attached to an aromatic ring is 1. The number of hydrogen-bond acceptors (Lipinski definition) is 10. The highest BCUT2D eigenvalue weighted by Crippen LogP contribution is 2.33. The van der Waals surface area contributed by atoms with E-state index in [1.807, 2.05) is 24.3 Å². The van der Waals surface area contributed by atoms with Crippen LogP contribution < -0.4 is 11.1 Å². The number of nitriles is 1. The van der Waals surface area contributed by atoms with Gasteiger partial charge in [-0.25, -0.2) is 14.8 Å². The van der Waals surface area contributed by atoms with Gasteiger partial charge in [0.25, 0.3) is 0 Å². The molecule has 4 amide bonds. The molecule has 0 bridgehead atoms. The second-order valence-electron chi connectivity index (χ2n) is 9.23. The van der Waals surface area contributed by atoms with Gasteiger partial charge in [-0.2, -0.15) is 10.3 Å². The lowest BCUT2D eigenvalue weighted by molar-refractivity contribution is -0.157. The summed E-state index contributed by atoms with van der Waals surface area (Å²) in [4.78, 5) is 47.3. The molecule has 13 nitrogen and oxygen atoms in total. The number of piperazine rings is 1. The van der Waals surface area contributed by atoms with Gasteiger partial charge in [0.15, 0.2) is 16.6 Å². The van der Waals surface area contributed by atoms with E-state index in [9.17, 15) is 29.9 Å². The van der Waals surface area contributed by atoms with E-state index < -0.39 is 18.2 Å². The third-order valence-corrected chi connectivity index (χ3v) is 7.74. The van der Waals surface area contributed by atoms with Crippen molar-refractivity contribution in [1.29, 1.82) is 5.26 Å². The van der Waals surface area contributed by atoms with Crippen LogP contribution in [-0.2, 0) is 22.6 Å². The number of amides is 4. The number of phenolic OH excluding ortho intramolecular Hbond substituents is 2. The van der Waals surface area contributed by atoms with E-state index in [-0.39, 0.29) is 55.9 Å². The first-order valence-electron chi connectivity index (χ1n) is 12.1. The Hall–Kier alpha value is -4.61. The number of aromatic nitrogens is 1. The van der Waals surface area contributed by atoms with Crippen LogP contribution in [0.2, 0.25) is 0 Å². The second kappa shape index (κ2) is 10.3. The Morgan fingerprint density at radius 3 is 2.79 bits per heavy atom. The molecule has 2 aliphatic heterocycles. The van der Waals surface area contributed by atoms with E-state index in [2.05, 4.69) is 10.3 Å². The van der Waals surface area contributed by atoms with Crippen LogP contribution in [0, 0.1) is 11.3 Å². The number of carbonyl (C=O) groups is 3. The number of thiazole rings is 1. The molecule has 14 heteroatoms. The van der Waals surface area contributed by atoms with Crippen molar-refractivity contribution in [3.05, 3.63) is 47.5 Å². The second-order valence-corrected chi connectivity index (χ2v) is 10.3. The molecule has 202 valence electrons. The number of fused-ring (bicyclic) bond motifs is 2. The third kappa shape index (κ3) is 4.73. The van der Waals surface area contributed by atoms with Crippen molar-refractivity contribution in [2.75, 3.05) is 32.4 Å². The smallest absolute Gasteiger partial charge is 0.332 e. The average Bonchev–Trinajstić information content (AvgIpc) is 3.45. The topological polar surface area (TPSA) is 179 Å². The summed E-state index contributed by atoms with van der Waals surface area (Å²) in [6.07, 6.45) is -0.665. The molecule has 0 saturated carbocycles. The summed E-state index contributed by atoms with van der Waals surface area (Å²) in [6, 6.07) is 10.3. The number of urea groups is 1. The van der Waals surface area contributed by atoms with Crippen molar-refractivity contribution < 1.29 is 24.6 Å². The standard InChI is InChI=1S/C25H26N8O5S/c1-28-25(38)31(8-7-26)32-13-21(36)33-16(9-14-5-6-17(34)18(35)10-14)23(37)30(12-20(32)33)11-15-3-2-4-19-22(15)29-24(27)39-19/h2-6,10,16,20,34-35H,8-9,11-13H2,1H3,(H2,27,29)(H,28,38)/t16-,20+/m0/s1. The number of nitrogens with one attached hydrogen (secondary N) is 1. The van der Waals surface area contributed by atoms with Gasteiger partial charge < -0.3 is 31.1 Å². The number of phenols is 2. The molecule has 5 N–H and O–H groups in total. The lowest BCUT2D eigenvalue weighted by Gasteiger charge is -2.46. The Labute approximate surface area is 227 Å². The number of carbonyl (C=O) groups excluding carboxylic acids is 3. The molecule has 0 aliphatic carbocycles. The van der Waals surface area contributed by atoms with Crippen LogP contribution in [0.25, 0.3) is 10.2 Å². The van der Waals surface area contributed by atoms with E-state index in [1.54, 1.807) is 11.0 Å². The fourth-order valence-corrected chi connectivity index (χ4v) is 5.92. The minimum absolute atomic E-state index is 0.0608. The molecule has 0 radical (unpaired) electrons. The van der Waals surface area contributed by atoms with Crippen LogP contribution in [0.4, 0.5) is 9.93 Å². The number of anilines is 1. The van der Waals surface area contributed by atoms with Gasteiger partial charge in [-0.3, -0.25) is 9.59 Å². The molecular formula is C25H26N8O5S. The van der Waals surface area contributed by atoms with Gasteiger partial charge in [0.05, 0.1) is 29.4 Å². The van der Waals surface area contributed by atoms with Gasteiger partial charge >= 0.3 is 6.03 Å². The Balaban J connectivity index is 1.53. The van der Waals surface area contributed by atoms with Gasteiger partial charge in [-0.15, -0.1) is 0 Å². The van der Waals surface area contributed by atoms with E-state index in [0.29, 0.717) is 16.2 Å². The number of nitrogens with two attached hydrogens (primary N) is 1. The molecule has 0 unspecified atom stereocenters. The first-order chi connectivity index (χ1) is 18.7. The number of hydrogen-bond donors (Lipinski definition) is 4. The van der Waals surface area contributed by atoms with Crippen molar-refractivity contribution in [2.45, 2.75) is 25.2 Å². The van der Waals surface area contributed by atoms with E-state index >= 15 is 0 Å². The van der Waals surface area contributed by atoms with Crippen LogP contribution in [0.5, 0.6) is 11.5 Å². The summed E-state index contributed by atoms with van der Waals surface area (Å²) >= 11 is 1.34. The van der Waals surface area contributed by atoms with Gasteiger partial charge in [0.1, 0.15) is 18.8 Å². The van der Waals surface area contributed by atoms with Gasteiger partial charge in [-0.1, -0.05) is 29.5 Å². The minimum Gasteiger partial charge on any atom is -0.504 e. The van der Waals surface area contributed by atoms with Gasteiger partial charge in [0.2, 0.25) is 11.8 Å². The van der Waals surface area contributed by atoms with Crippen LogP contribution in [0.1, 0.15) is 11.1 Å². The molecule has 0 spiro atoms. The molecule has 2 aliphatic rings.